The van der Waals surface area contributed by atoms with Crippen LogP contribution in [0.1, 0.15) is 52.0 Å². The zero-order valence-electron chi connectivity index (χ0n) is 22.8. The molecule has 0 spiro atoms. The van der Waals surface area contributed by atoms with Crippen LogP contribution in [0.4, 0.5) is 0 Å². The fourth-order valence-corrected chi connectivity index (χ4v) is 11.0. The van der Waals surface area contributed by atoms with Crippen LogP contribution in [-0.4, -0.2) is 19.5 Å². The lowest BCUT2D eigenvalue weighted by molar-refractivity contribution is 0.232. The van der Waals surface area contributed by atoms with Crippen LogP contribution in [0.15, 0.2) is 89.5 Å². The van der Waals surface area contributed by atoms with E-state index in [4.69, 9.17) is 4.43 Å². The Balaban J connectivity index is 1.47. The third-order valence-electron chi connectivity index (χ3n) is 7.95. The molecule has 0 aliphatic heterocycles. The Kier molecular flexibility index (Phi) is 7.69. The van der Waals surface area contributed by atoms with Crippen LogP contribution in [0.2, 0.25) is 5.04 Å². The normalized spacial score (nSPS) is 15.8. The first-order valence-corrected chi connectivity index (χ1v) is 16.4. The lowest BCUT2D eigenvalue weighted by Gasteiger charge is -2.43. The minimum atomic E-state index is -2.58. The van der Waals surface area contributed by atoms with Gasteiger partial charge in [-0.25, -0.2) is 0 Å². The van der Waals surface area contributed by atoms with Crippen molar-refractivity contribution in [3.63, 3.8) is 0 Å². The van der Waals surface area contributed by atoms with E-state index < -0.39 is 8.32 Å². The number of halogens is 1. The molecule has 38 heavy (non-hydrogen) atoms. The van der Waals surface area contributed by atoms with Crippen molar-refractivity contribution in [2.75, 3.05) is 6.61 Å². The molecule has 2 atom stereocenters. The molecular formula is C33H37BrN2OSi. The monoisotopic (exact) mass is 584 g/mol. The molecule has 2 unspecified atom stereocenters. The van der Waals surface area contributed by atoms with Gasteiger partial charge in [-0.15, -0.1) is 0 Å². The third kappa shape index (κ3) is 5.15. The molecule has 1 heterocycles. The summed E-state index contributed by atoms with van der Waals surface area (Å²) in [4.78, 5) is 0. The largest absolute Gasteiger partial charge is 0.407 e. The van der Waals surface area contributed by atoms with Gasteiger partial charge in [0.05, 0.1) is 12.0 Å². The molecule has 1 fully saturated rings. The molecule has 0 N–H and O–H groups in total. The topological polar surface area (TPSA) is 38.0 Å². The second-order valence-electron chi connectivity index (χ2n) is 11.9. The van der Waals surface area contributed by atoms with E-state index in [2.05, 4.69) is 139 Å². The lowest BCUT2D eigenvalue weighted by atomic mass is 9.95. The molecule has 3 aromatic carbocycles. The van der Waals surface area contributed by atoms with E-state index in [0.717, 1.165) is 23.9 Å². The van der Waals surface area contributed by atoms with Crippen molar-refractivity contribution >= 4 is 45.5 Å². The smallest absolute Gasteiger partial charge is 0.261 e. The van der Waals surface area contributed by atoms with Crippen LogP contribution < -0.4 is 10.4 Å². The van der Waals surface area contributed by atoms with Crippen molar-refractivity contribution in [3.8, 4) is 6.07 Å². The molecule has 1 saturated carbocycles. The number of nitriles is 1. The van der Waals surface area contributed by atoms with Gasteiger partial charge in [0, 0.05) is 34.7 Å². The molecule has 5 heteroatoms. The van der Waals surface area contributed by atoms with Gasteiger partial charge in [0.2, 0.25) is 0 Å². The fourth-order valence-electron chi connectivity index (χ4n) is 5.97. The molecule has 1 aliphatic carbocycles. The van der Waals surface area contributed by atoms with Gasteiger partial charge in [0.1, 0.15) is 0 Å². The molecule has 0 amide bonds. The summed E-state index contributed by atoms with van der Waals surface area (Å²) < 4.78 is 10.6. The van der Waals surface area contributed by atoms with Gasteiger partial charge < -0.3 is 8.99 Å². The molecule has 0 radical (unpaired) electrons. The number of fused-ring (bicyclic) bond motifs is 1. The Morgan fingerprint density at radius 3 is 2.13 bits per heavy atom. The quantitative estimate of drug-likeness (QED) is 0.190. The standard InChI is InChI=1S/C33H37BrN2OSi/c1-24(21-36-22-31(30(20-35)25-15-16-25)29-18-17-26(34)19-32(29)36)23-37-38(33(2,3)4,27-11-7-5-8-12-27)28-13-9-6-10-14-28/h5-14,17-19,22,24-25,30H,15-16,21,23H2,1-4H3. The second-order valence-corrected chi connectivity index (χ2v) is 17.1. The van der Waals surface area contributed by atoms with Crippen LogP contribution in [0.25, 0.3) is 10.9 Å². The van der Waals surface area contributed by atoms with E-state index in [1.54, 1.807) is 0 Å². The predicted molar refractivity (Wildman–Crippen MR) is 163 cm³/mol. The Morgan fingerprint density at radius 1 is 1.00 bits per heavy atom. The van der Waals surface area contributed by atoms with Gasteiger partial charge in [0.25, 0.3) is 8.32 Å². The van der Waals surface area contributed by atoms with Gasteiger partial charge in [-0.1, -0.05) is 110 Å². The minimum absolute atomic E-state index is 0.0245. The highest BCUT2D eigenvalue weighted by Crippen LogP contribution is 2.45. The van der Waals surface area contributed by atoms with Gasteiger partial charge >= 0.3 is 0 Å². The fraction of sp³-hybridized carbons (Fsp3) is 0.364. The third-order valence-corrected chi connectivity index (χ3v) is 13.5. The van der Waals surface area contributed by atoms with Crippen molar-refractivity contribution in [1.29, 1.82) is 5.26 Å². The van der Waals surface area contributed by atoms with Crippen molar-refractivity contribution in [2.45, 2.75) is 58.0 Å². The molecule has 1 aliphatic rings. The van der Waals surface area contributed by atoms with E-state index >= 15 is 0 Å². The molecule has 5 rings (SSSR count). The summed E-state index contributed by atoms with van der Waals surface area (Å²) in [5, 5.41) is 13.8. The summed E-state index contributed by atoms with van der Waals surface area (Å²) in [6.07, 6.45) is 4.55. The average molecular weight is 586 g/mol. The summed E-state index contributed by atoms with van der Waals surface area (Å²) >= 11 is 3.67. The first kappa shape index (κ1) is 26.9. The second kappa shape index (κ2) is 10.8. The van der Waals surface area contributed by atoms with Gasteiger partial charge in [0.15, 0.2) is 0 Å². The molecule has 3 nitrogen and oxygen atoms in total. The predicted octanol–water partition coefficient (Wildman–Crippen LogP) is 7.63. The van der Waals surface area contributed by atoms with E-state index in [1.165, 1.54) is 26.8 Å². The number of rotatable bonds is 9. The van der Waals surface area contributed by atoms with Gasteiger partial charge in [-0.05, 0) is 57.8 Å². The Bertz CT molecular complexity index is 1390. The zero-order chi connectivity index (χ0) is 26.9. The van der Waals surface area contributed by atoms with Crippen molar-refractivity contribution in [2.24, 2.45) is 11.8 Å². The average Bonchev–Trinajstić information content (AvgIpc) is 3.68. The highest BCUT2D eigenvalue weighted by Gasteiger charge is 2.50. The highest BCUT2D eigenvalue weighted by molar-refractivity contribution is 9.10. The maximum absolute atomic E-state index is 9.98. The Labute approximate surface area is 236 Å². The maximum atomic E-state index is 9.98. The summed E-state index contributed by atoms with van der Waals surface area (Å²) in [5.74, 6) is 0.766. The van der Waals surface area contributed by atoms with Crippen LogP contribution in [0.5, 0.6) is 0 Å². The molecule has 1 aromatic heterocycles. The van der Waals surface area contributed by atoms with Crippen LogP contribution in [0.3, 0.4) is 0 Å². The molecule has 4 aromatic rings. The van der Waals surface area contributed by atoms with Crippen LogP contribution >= 0.6 is 15.9 Å². The maximum Gasteiger partial charge on any atom is 0.261 e. The minimum Gasteiger partial charge on any atom is -0.407 e. The van der Waals surface area contributed by atoms with E-state index in [9.17, 15) is 5.26 Å². The molecular weight excluding hydrogens is 548 g/mol. The number of hydrogen-bond acceptors (Lipinski definition) is 2. The van der Waals surface area contributed by atoms with Crippen LogP contribution in [-0.2, 0) is 11.0 Å². The number of nitrogens with zero attached hydrogens (tertiary/aromatic N) is 2. The van der Waals surface area contributed by atoms with E-state index in [1.807, 2.05) is 0 Å². The first-order valence-electron chi connectivity index (χ1n) is 13.7. The van der Waals surface area contributed by atoms with Crippen molar-refractivity contribution in [3.05, 3.63) is 95.1 Å². The zero-order valence-corrected chi connectivity index (χ0v) is 25.4. The number of benzene rings is 3. The molecule has 196 valence electrons. The Morgan fingerprint density at radius 2 is 1.61 bits per heavy atom. The highest BCUT2D eigenvalue weighted by atomic mass is 79.9. The molecule has 0 bridgehead atoms. The van der Waals surface area contributed by atoms with Gasteiger partial charge in [-0.3, -0.25) is 0 Å². The summed E-state index contributed by atoms with van der Waals surface area (Å²) in [7, 11) is -2.58. The summed E-state index contributed by atoms with van der Waals surface area (Å²) in [6, 6.07) is 30.8. The lowest BCUT2D eigenvalue weighted by Crippen LogP contribution is -2.66. The van der Waals surface area contributed by atoms with E-state index in [-0.39, 0.29) is 11.0 Å². The van der Waals surface area contributed by atoms with E-state index in [0.29, 0.717) is 18.4 Å². The SMILES string of the molecule is CC(CO[Si](c1ccccc1)(c1ccccc1)C(C)(C)C)Cn1cc(C(C#N)C2CC2)c2ccc(Br)cc21. The van der Waals surface area contributed by atoms with Crippen LogP contribution in [0, 0.1) is 23.2 Å². The summed E-state index contributed by atoms with van der Waals surface area (Å²) in [5.41, 5.74) is 2.37. The number of hydrogen-bond donors (Lipinski definition) is 0. The van der Waals surface area contributed by atoms with Gasteiger partial charge in [-0.2, -0.15) is 5.26 Å². The van der Waals surface area contributed by atoms with Crippen molar-refractivity contribution < 1.29 is 4.43 Å². The molecule has 0 saturated heterocycles. The Hall–Kier alpha value is -2.65. The summed E-state index contributed by atoms with van der Waals surface area (Å²) in [6.45, 7) is 10.8. The number of aromatic nitrogens is 1. The first-order chi connectivity index (χ1) is 18.2. The van der Waals surface area contributed by atoms with Crippen molar-refractivity contribution in [1.82, 2.24) is 4.57 Å².